The van der Waals surface area contributed by atoms with Crippen LogP contribution in [0, 0.1) is 20.8 Å². The highest BCUT2D eigenvalue weighted by molar-refractivity contribution is 8.00. The third kappa shape index (κ3) is 6.58. The summed E-state index contributed by atoms with van der Waals surface area (Å²) in [6, 6.07) is 20.6. The first-order chi connectivity index (χ1) is 17.7. The minimum atomic E-state index is -1.19. The highest BCUT2D eigenvalue weighted by atomic mass is 32.2. The molecule has 1 fully saturated rings. The number of aliphatic hydroxyl groups is 1. The number of carbonyl (C=O) groups is 3. The average Bonchev–Trinajstić information content (AvgIpc) is 3.17. The molecule has 1 N–H and O–H groups in total. The molecule has 0 amide bonds. The normalized spacial score (nSPS) is 20.8. The minimum Gasteiger partial charge on any atom is -0.461 e. The molecule has 0 radical (unpaired) electrons. The van der Waals surface area contributed by atoms with Gasteiger partial charge in [0.1, 0.15) is 12.0 Å². The van der Waals surface area contributed by atoms with E-state index in [4.69, 9.17) is 14.2 Å². The van der Waals surface area contributed by atoms with E-state index >= 15 is 0 Å². The van der Waals surface area contributed by atoms with Crippen LogP contribution in [0.2, 0.25) is 0 Å². The number of hydrogen-bond donors (Lipinski definition) is 1. The average molecular weight is 521 g/mol. The number of rotatable bonds is 7. The van der Waals surface area contributed by atoms with Crippen molar-refractivity contribution in [1.82, 2.24) is 0 Å². The minimum absolute atomic E-state index is 0.154. The predicted octanol–water partition coefficient (Wildman–Crippen LogP) is 4.65. The maximum absolute atomic E-state index is 12.9. The van der Waals surface area contributed by atoms with Crippen molar-refractivity contribution < 1.29 is 33.7 Å². The van der Waals surface area contributed by atoms with Crippen molar-refractivity contribution in [3.8, 4) is 0 Å². The van der Waals surface area contributed by atoms with Crippen LogP contribution in [0.1, 0.15) is 47.8 Å². The fourth-order valence-corrected chi connectivity index (χ4v) is 5.04. The van der Waals surface area contributed by atoms with Gasteiger partial charge in [-0.15, -0.1) is 11.8 Å². The Labute approximate surface area is 219 Å². The lowest BCUT2D eigenvalue weighted by Crippen LogP contribution is -2.41. The van der Waals surface area contributed by atoms with E-state index in [1.807, 2.05) is 20.8 Å². The van der Waals surface area contributed by atoms with Crippen LogP contribution < -0.4 is 0 Å². The molecule has 4 atom stereocenters. The first-order valence-corrected chi connectivity index (χ1v) is 12.8. The van der Waals surface area contributed by atoms with E-state index in [1.165, 1.54) is 0 Å². The van der Waals surface area contributed by atoms with Gasteiger partial charge in [-0.2, -0.15) is 0 Å². The first-order valence-electron chi connectivity index (χ1n) is 11.8. The largest absolute Gasteiger partial charge is 0.461 e. The number of carbonyl (C=O) groups excluding carboxylic acids is 3. The zero-order valence-electron chi connectivity index (χ0n) is 20.7. The quantitative estimate of drug-likeness (QED) is 0.355. The Balaban J connectivity index is 1.52. The molecular weight excluding hydrogens is 492 g/mol. The summed E-state index contributed by atoms with van der Waals surface area (Å²) in [6.45, 7) is 5.56. The molecule has 4 rings (SSSR count). The lowest BCUT2D eigenvalue weighted by atomic mass is 10.1. The van der Waals surface area contributed by atoms with Crippen molar-refractivity contribution >= 4 is 29.7 Å². The van der Waals surface area contributed by atoms with E-state index in [2.05, 4.69) is 0 Å². The molecule has 1 heterocycles. The number of hydrogen-bond acceptors (Lipinski definition) is 8. The van der Waals surface area contributed by atoms with E-state index in [0.29, 0.717) is 16.7 Å². The van der Waals surface area contributed by atoms with Crippen molar-refractivity contribution in [3.63, 3.8) is 0 Å². The van der Waals surface area contributed by atoms with Crippen LogP contribution in [0.4, 0.5) is 0 Å². The van der Waals surface area contributed by atoms with Crippen LogP contribution >= 0.6 is 11.8 Å². The van der Waals surface area contributed by atoms with Crippen LogP contribution in [0.3, 0.4) is 0 Å². The lowest BCUT2D eigenvalue weighted by Gasteiger charge is -2.24. The summed E-state index contributed by atoms with van der Waals surface area (Å²) in [4.78, 5) is 38.3. The second-order valence-electron chi connectivity index (χ2n) is 9.00. The van der Waals surface area contributed by atoms with Crippen LogP contribution in [0.5, 0.6) is 0 Å². The third-order valence-electron chi connectivity index (χ3n) is 6.01. The van der Waals surface area contributed by atoms with Crippen LogP contribution in [0.25, 0.3) is 0 Å². The zero-order chi connectivity index (χ0) is 26.5. The Morgan fingerprint density at radius 2 is 1.03 bits per heavy atom. The van der Waals surface area contributed by atoms with Crippen LogP contribution in [-0.2, 0) is 14.2 Å². The molecule has 1 aliphatic rings. The highest BCUT2D eigenvalue weighted by Gasteiger charge is 2.49. The molecule has 0 bridgehead atoms. The number of benzene rings is 3. The number of thioether (sulfide) groups is 1. The van der Waals surface area contributed by atoms with E-state index in [9.17, 15) is 19.5 Å². The third-order valence-corrected chi connectivity index (χ3v) is 7.31. The second-order valence-corrected chi connectivity index (χ2v) is 10.4. The van der Waals surface area contributed by atoms with E-state index < -0.39 is 40.8 Å². The van der Waals surface area contributed by atoms with Gasteiger partial charge in [-0.3, -0.25) is 0 Å². The molecule has 1 aliphatic heterocycles. The number of aryl methyl sites for hydroxylation is 3. The zero-order valence-corrected chi connectivity index (χ0v) is 21.6. The van der Waals surface area contributed by atoms with Crippen molar-refractivity contribution in [1.29, 1.82) is 0 Å². The Morgan fingerprint density at radius 1 is 0.649 bits per heavy atom. The summed E-state index contributed by atoms with van der Waals surface area (Å²) in [7, 11) is 0. The molecular formula is C29H28O7S. The smallest absolute Gasteiger partial charge is 0.338 e. The van der Waals surface area contributed by atoms with Crippen LogP contribution in [0.15, 0.2) is 72.8 Å². The van der Waals surface area contributed by atoms with Crippen molar-refractivity contribution in [3.05, 3.63) is 106 Å². The molecule has 0 aromatic heterocycles. The van der Waals surface area contributed by atoms with Gasteiger partial charge in [0.15, 0.2) is 12.2 Å². The Morgan fingerprint density at radius 3 is 1.46 bits per heavy atom. The summed E-state index contributed by atoms with van der Waals surface area (Å²) >= 11 is 1.02. The summed E-state index contributed by atoms with van der Waals surface area (Å²) in [5.41, 5.74) is 2.78. The molecule has 37 heavy (non-hydrogen) atoms. The highest BCUT2D eigenvalue weighted by Crippen LogP contribution is 2.38. The molecule has 192 valence electrons. The molecule has 3 aromatic carbocycles. The van der Waals surface area contributed by atoms with Gasteiger partial charge in [0, 0.05) is 0 Å². The SMILES string of the molecule is Cc1ccc(C(=O)OC[C@@H]2SC(O)[C@H](OC(=O)c3ccc(C)cc3)[C@H]2OC(=O)c2ccc(C)cc2)cc1. The molecule has 0 saturated carbocycles. The maximum atomic E-state index is 12.9. The summed E-state index contributed by atoms with van der Waals surface area (Å²) < 4.78 is 16.9. The first kappa shape index (κ1) is 26.4. The van der Waals surface area contributed by atoms with Crippen molar-refractivity contribution in [2.24, 2.45) is 0 Å². The monoisotopic (exact) mass is 520 g/mol. The molecule has 7 nitrogen and oxygen atoms in total. The van der Waals surface area contributed by atoms with Crippen molar-refractivity contribution in [2.75, 3.05) is 6.61 Å². The van der Waals surface area contributed by atoms with Gasteiger partial charge < -0.3 is 19.3 Å². The lowest BCUT2D eigenvalue weighted by molar-refractivity contribution is -0.0557. The Kier molecular flexibility index (Phi) is 8.31. The van der Waals surface area contributed by atoms with Crippen LogP contribution in [-0.4, -0.2) is 52.5 Å². The summed E-state index contributed by atoms with van der Waals surface area (Å²) in [6.07, 6.45) is -2.20. The fraction of sp³-hybridized carbons (Fsp3) is 0.276. The van der Waals surface area contributed by atoms with E-state index in [1.54, 1.807) is 72.8 Å². The maximum Gasteiger partial charge on any atom is 0.338 e. The topological polar surface area (TPSA) is 99.1 Å². The molecule has 0 spiro atoms. The molecule has 1 unspecified atom stereocenters. The van der Waals surface area contributed by atoms with Gasteiger partial charge >= 0.3 is 17.9 Å². The fourth-order valence-electron chi connectivity index (χ4n) is 3.80. The predicted molar refractivity (Wildman–Crippen MR) is 140 cm³/mol. The molecule has 0 aliphatic carbocycles. The second kappa shape index (κ2) is 11.6. The van der Waals surface area contributed by atoms with Gasteiger partial charge in [-0.25, -0.2) is 14.4 Å². The molecule has 8 heteroatoms. The Hall–Kier alpha value is -3.62. The van der Waals surface area contributed by atoms with Gasteiger partial charge in [0.2, 0.25) is 0 Å². The van der Waals surface area contributed by atoms with Gasteiger partial charge in [0.25, 0.3) is 0 Å². The van der Waals surface area contributed by atoms with Gasteiger partial charge in [-0.05, 0) is 57.2 Å². The van der Waals surface area contributed by atoms with E-state index in [-0.39, 0.29) is 6.61 Å². The van der Waals surface area contributed by atoms with Crippen molar-refractivity contribution in [2.45, 2.75) is 43.7 Å². The standard InChI is InChI=1S/C29H28O7S/c1-17-4-10-20(11-5-17)26(30)34-16-23-24(35-27(31)21-12-6-18(2)7-13-21)25(29(33)37-23)36-28(32)22-14-8-19(3)9-15-22/h4-15,23-25,29,33H,16H2,1-3H3/t23-,24-,25+,29?/m0/s1. The number of esters is 3. The van der Waals surface area contributed by atoms with Gasteiger partial charge in [-0.1, -0.05) is 53.1 Å². The Bertz CT molecular complexity index is 1250. The molecule has 3 aromatic rings. The summed E-state index contributed by atoms with van der Waals surface area (Å²) in [5.74, 6) is -1.83. The van der Waals surface area contributed by atoms with Gasteiger partial charge in [0.05, 0.1) is 21.9 Å². The van der Waals surface area contributed by atoms with E-state index in [0.717, 1.165) is 28.5 Å². The summed E-state index contributed by atoms with van der Waals surface area (Å²) in [5, 5.41) is 10.1. The molecule has 1 saturated heterocycles. The number of aliphatic hydroxyl groups excluding tert-OH is 1. The number of ether oxygens (including phenoxy) is 3.